The van der Waals surface area contributed by atoms with Crippen LogP contribution in [0.3, 0.4) is 0 Å². The summed E-state index contributed by atoms with van der Waals surface area (Å²) < 4.78 is 5.92. The molecular weight excluding hydrogens is 414 g/mol. The molecule has 3 heterocycles. The molecule has 9 nitrogen and oxygen atoms in total. The highest BCUT2D eigenvalue weighted by molar-refractivity contribution is 7.22. The lowest BCUT2D eigenvalue weighted by molar-refractivity contribution is -0.111. The Hall–Kier alpha value is -3.71. The van der Waals surface area contributed by atoms with Crippen LogP contribution in [0.1, 0.15) is 24.8 Å². The molecule has 0 bridgehead atoms. The monoisotopic (exact) mass is 437 g/mol. The molecule has 2 aromatic heterocycles. The number of benzene rings is 1. The lowest BCUT2D eigenvalue weighted by atomic mass is 10.1. The van der Waals surface area contributed by atoms with Gasteiger partial charge in [-0.2, -0.15) is 10.2 Å². The second kappa shape index (κ2) is 10.4. The number of thiazole rings is 1. The lowest BCUT2D eigenvalue weighted by Crippen LogP contribution is -2.29. The molecule has 0 radical (unpaired) electrons. The fourth-order valence-electron chi connectivity index (χ4n) is 3.02. The highest BCUT2D eigenvalue weighted by Gasteiger charge is 2.15. The molecule has 1 fully saturated rings. The minimum Gasteiger partial charge on any atom is -0.480 e. The zero-order chi connectivity index (χ0) is 22.2. The molecule has 3 aromatic rings. The summed E-state index contributed by atoms with van der Waals surface area (Å²) in [4.78, 5) is 25.7. The number of nitrogens with one attached hydrogen (secondary N) is 1. The van der Waals surface area contributed by atoms with Gasteiger partial charge in [0.25, 0.3) is 0 Å². The van der Waals surface area contributed by atoms with Crippen molar-refractivity contribution in [2.24, 2.45) is 0 Å². The zero-order valence-corrected chi connectivity index (χ0v) is 18.0. The summed E-state index contributed by atoms with van der Waals surface area (Å²) in [6.07, 6.45) is 6.40. The van der Waals surface area contributed by atoms with Crippen molar-refractivity contribution >= 4 is 44.2 Å². The van der Waals surface area contributed by atoms with Crippen molar-refractivity contribution in [2.75, 3.05) is 36.1 Å². The molecular formula is C21H23N7O2S. The third-order valence-corrected chi connectivity index (χ3v) is 5.64. The van der Waals surface area contributed by atoms with Crippen LogP contribution in [0.15, 0.2) is 37.1 Å². The summed E-state index contributed by atoms with van der Waals surface area (Å²) >= 11 is 1.72. The Morgan fingerprint density at radius 2 is 2.13 bits per heavy atom. The third kappa shape index (κ3) is 5.67. The summed E-state index contributed by atoms with van der Waals surface area (Å²) in [5.74, 6) is 0.108. The number of nitrogen functional groups attached to an aromatic ring is 1. The minimum absolute atomic E-state index is 0.0980. The Morgan fingerprint density at radius 3 is 2.81 bits per heavy atom. The summed E-state index contributed by atoms with van der Waals surface area (Å²) in [5, 5.41) is 12.3. The number of piperidine rings is 1. The number of rotatable bonds is 4. The SMILES string of the molecule is C=CC(=O)Nc1ccc2sc(N3CCCCC3)nc2c1.COc1nc(N)ncc1C#N. The van der Waals surface area contributed by atoms with Gasteiger partial charge in [-0.25, -0.2) is 9.97 Å². The van der Waals surface area contributed by atoms with E-state index in [-0.39, 0.29) is 23.3 Å². The van der Waals surface area contributed by atoms with E-state index < -0.39 is 0 Å². The quantitative estimate of drug-likeness (QED) is 0.594. The van der Waals surface area contributed by atoms with Crippen molar-refractivity contribution in [1.29, 1.82) is 5.26 Å². The Morgan fingerprint density at radius 1 is 1.35 bits per heavy atom. The molecule has 0 spiro atoms. The number of hydrogen-bond acceptors (Lipinski definition) is 9. The van der Waals surface area contributed by atoms with Crippen molar-refractivity contribution < 1.29 is 9.53 Å². The van der Waals surface area contributed by atoms with Crippen LogP contribution in [0.2, 0.25) is 0 Å². The van der Waals surface area contributed by atoms with E-state index in [1.54, 1.807) is 11.3 Å². The average molecular weight is 438 g/mol. The summed E-state index contributed by atoms with van der Waals surface area (Å²) in [7, 11) is 1.42. The normalized spacial score (nSPS) is 13.0. The van der Waals surface area contributed by atoms with E-state index >= 15 is 0 Å². The van der Waals surface area contributed by atoms with Crippen molar-refractivity contribution in [3.05, 3.63) is 42.6 Å². The van der Waals surface area contributed by atoms with Gasteiger partial charge in [-0.3, -0.25) is 4.79 Å². The molecule has 0 atom stereocenters. The Bertz CT molecular complexity index is 1120. The molecule has 1 aromatic carbocycles. The molecule has 1 aliphatic rings. The highest BCUT2D eigenvalue weighted by atomic mass is 32.1. The number of nitrogens with zero attached hydrogens (tertiary/aromatic N) is 5. The number of fused-ring (bicyclic) bond motifs is 1. The van der Waals surface area contributed by atoms with Crippen molar-refractivity contribution in [1.82, 2.24) is 15.0 Å². The molecule has 3 N–H and O–H groups in total. The van der Waals surface area contributed by atoms with Crippen molar-refractivity contribution in [3.8, 4) is 11.9 Å². The molecule has 4 rings (SSSR count). The molecule has 0 saturated carbocycles. The van der Waals surface area contributed by atoms with Crippen LogP contribution >= 0.6 is 11.3 Å². The van der Waals surface area contributed by atoms with E-state index in [2.05, 4.69) is 26.8 Å². The number of carbonyl (C=O) groups is 1. The van der Waals surface area contributed by atoms with Crippen molar-refractivity contribution in [2.45, 2.75) is 19.3 Å². The van der Waals surface area contributed by atoms with Gasteiger partial charge in [-0.15, -0.1) is 0 Å². The largest absolute Gasteiger partial charge is 0.480 e. The van der Waals surface area contributed by atoms with E-state index in [0.29, 0.717) is 0 Å². The van der Waals surface area contributed by atoms with E-state index in [1.807, 2.05) is 24.3 Å². The van der Waals surface area contributed by atoms with Gasteiger partial charge in [0.05, 0.1) is 23.5 Å². The fourth-order valence-corrected chi connectivity index (χ4v) is 4.02. The predicted octanol–water partition coefficient (Wildman–Crippen LogP) is 3.35. The van der Waals surface area contributed by atoms with Crippen LogP contribution in [0.25, 0.3) is 10.2 Å². The molecule has 160 valence electrons. The number of nitriles is 1. The van der Waals surface area contributed by atoms with Gasteiger partial charge in [0, 0.05) is 18.8 Å². The molecule has 1 saturated heterocycles. The smallest absolute Gasteiger partial charge is 0.247 e. The Labute approximate surface area is 184 Å². The Kier molecular flexibility index (Phi) is 7.35. The maximum absolute atomic E-state index is 11.3. The van der Waals surface area contributed by atoms with Crippen LogP contribution in [0, 0.1) is 11.3 Å². The number of hydrogen-bond donors (Lipinski definition) is 2. The lowest BCUT2D eigenvalue weighted by Gasteiger charge is -2.25. The average Bonchev–Trinajstić information content (AvgIpc) is 3.23. The van der Waals surface area contributed by atoms with Gasteiger partial charge in [-0.1, -0.05) is 17.9 Å². The number of carbonyl (C=O) groups excluding carboxylic acids is 1. The molecule has 1 amide bonds. The zero-order valence-electron chi connectivity index (χ0n) is 17.2. The molecule has 0 unspecified atom stereocenters. The first-order valence-electron chi connectivity index (χ1n) is 9.69. The number of methoxy groups -OCH3 is 1. The second-order valence-corrected chi connectivity index (χ2v) is 7.69. The van der Waals surface area contributed by atoms with Crippen LogP contribution in [-0.4, -0.2) is 41.1 Å². The first-order chi connectivity index (χ1) is 15.0. The van der Waals surface area contributed by atoms with E-state index in [0.717, 1.165) is 34.1 Å². The third-order valence-electron chi connectivity index (χ3n) is 4.54. The fraction of sp³-hybridized carbons (Fsp3) is 0.286. The maximum Gasteiger partial charge on any atom is 0.247 e. The molecule has 0 aliphatic carbocycles. The summed E-state index contributed by atoms with van der Waals surface area (Å²) in [5.41, 5.74) is 7.23. The van der Waals surface area contributed by atoms with E-state index in [4.69, 9.17) is 20.7 Å². The molecule has 31 heavy (non-hydrogen) atoms. The van der Waals surface area contributed by atoms with Gasteiger partial charge < -0.3 is 20.7 Å². The van der Waals surface area contributed by atoms with Crippen LogP contribution in [0.5, 0.6) is 5.88 Å². The van der Waals surface area contributed by atoms with Crippen LogP contribution in [-0.2, 0) is 4.79 Å². The minimum atomic E-state index is -0.198. The van der Waals surface area contributed by atoms with Gasteiger partial charge in [0.15, 0.2) is 5.13 Å². The maximum atomic E-state index is 11.3. The van der Waals surface area contributed by atoms with Gasteiger partial charge in [-0.05, 0) is 43.5 Å². The standard InChI is InChI=1S/C15H17N3OS.C6H6N4O/c1-2-14(19)16-11-6-7-13-12(10-11)17-15(20-13)18-8-4-3-5-9-18;1-11-5-4(2-7)3-9-6(8)10-5/h2,6-7,10H,1,3-5,8-9H2,(H,16,19);3H,1H3,(H2,8,9,10). The van der Waals surface area contributed by atoms with Gasteiger partial charge >= 0.3 is 0 Å². The van der Waals surface area contributed by atoms with Gasteiger partial charge in [0.1, 0.15) is 11.6 Å². The van der Waals surface area contributed by atoms with Crippen molar-refractivity contribution in [3.63, 3.8) is 0 Å². The number of anilines is 3. The van der Waals surface area contributed by atoms with Gasteiger partial charge in [0.2, 0.25) is 17.7 Å². The first kappa shape index (κ1) is 22.0. The summed E-state index contributed by atoms with van der Waals surface area (Å²) in [6, 6.07) is 7.70. The second-order valence-electron chi connectivity index (χ2n) is 6.68. The van der Waals surface area contributed by atoms with E-state index in [9.17, 15) is 4.79 Å². The van der Waals surface area contributed by atoms with Crippen LogP contribution < -0.4 is 20.7 Å². The number of aromatic nitrogens is 3. The number of amides is 1. The van der Waals surface area contributed by atoms with Crippen LogP contribution in [0.4, 0.5) is 16.8 Å². The topological polar surface area (TPSA) is 130 Å². The Balaban J connectivity index is 0.000000210. The number of nitrogens with two attached hydrogens (primary N) is 1. The predicted molar refractivity (Wildman–Crippen MR) is 122 cm³/mol. The first-order valence-corrected chi connectivity index (χ1v) is 10.5. The highest BCUT2D eigenvalue weighted by Crippen LogP contribution is 2.31. The summed E-state index contributed by atoms with van der Waals surface area (Å²) in [6.45, 7) is 5.65. The number of ether oxygens (including phenoxy) is 1. The van der Waals surface area contributed by atoms with E-state index in [1.165, 1.54) is 38.6 Å². The molecule has 10 heteroatoms. The molecule has 1 aliphatic heterocycles.